The summed E-state index contributed by atoms with van der Waals surface area (Å²) in [7, 11) is 2.07. The number of nitrogens with one attached hydrogen (secondary N) is 2. The van der Waals surface area contributed by atoms with Crippen molar-refractivity contribution in [2.24, 2.45) is 0 Å². The highest BCUT2D eigenvalue weighted by molar-refractivity contribution is 5.35. The fraction of sp³-hybridized carbons (Fsp3) is 0.571. The number of rotatable bonds is 2. The first kappa shape index (κ1) is 11.6. The Balaban J connectivity index is 2.20. The van der Waals surface area contributed by atoms with Gasteiger partial charge in [0.15, 0.2) is 0 Å². The molecule has 0 spiro atoms. The molecule has 2 rings (SSSR count). The van der Waals surface area contributed by atoms with Crippen LogP contribution < -0.4 is 10.6 Å². The maximum absolute atomic E-state index is 3.63. The van der Waals surface area contributed by atoms with Gasteiger partial charge in [0.05, 0.1) is 0 Å². The monoisotopic (exact) mass is 218 g/mol. The summed E-state index contributed by atoms with van der Waals surface area (Å²) in [4.78, 5) is 0. The molecule has 1 heterocycles. The molecular formula is C14H22N2. The molecule has 0 saturated carbocycles. The third kappa shape index (κ3) is 2.28. The topological polar surface area (TPSA) is 24.1 Å². The standard InChI is InChI=1S/C14H22N2/c1-10-5-4-6-13(11(10)2)14-9-12(15-3)7-8-16-14/h4-6,12,14-16H,7-9H2,1-3H3. The van der Waals surface area contributed by atoms with Crippen LogP contribution in [0.1, 0.15) is 35.6 Å². The maximum Gasteiger partial charge on any atom is 0.0337 e. The molecule has 1 aromatic carbocycles. The summed E-state index contributed by atoms with van der Waals surface area (Å²) < 4.78 is 0. The Hall–Kier alpha value is -0.860. The first-order valence-electron chi connectivity index (χ1n) is 6.19. The average Bonchev–Trinajstić information content (AvgIpc) is 2.33. The van der Waals surface area contributed by atoms with Crippen LogP contribution in [-0.4, -0.2) is 19.6 Å². The summed E-state index contributed by atoms with van der Waals surface area (Å²) >= 11 is 0. The average molecular weight is 218 g/mol. The molecule has 0 aromatic heterocycles. The molecule has 88 valence electrons. The van der Waals surface area contributed by atoms with Crippen molar-refractivity contribution in [3.05, 3.63) is 34.9 Å². The van der Waals surface area contributed by atoms with Crippen molar-refractivity contribution in [2.75, 3.05) is 13.6 Å². The van der Waals surface area contributed by atoms with E-state index in [0.717, 1.165) is 6.54 Å². The maximum atomic E-state index is 3.63. The molecule has 0 radical (unpaired) electrons. The minimum Gasteiger partial charge on any atom is -0.317 e. The van der Waals surface area contributed by atoms with Crippen molar-refractivity contribution in [1.29, 1.82) is 0 Å². The Bertz CT molecular complexity index is 360. The molecule has 1 fully saturated rings. The van der Waals surface area contributed by atoms with E-state index in [1.54, 1.807) is 0 Å². The molecule has 2 unspecified atom stereocenters. The lowest BCUT2D eigenvalue weighted by molar-refractivity contribution is 0.336. The molecule has 2 N–H and O–H groups in total. The molecule has 2 heteroatoms. The summed E-state index contributed by atoms with van der Waals surface area (Å²) in [5.41, 5.74) is 4.31. The first-order valence-corrected chi connectivity index (χ1v) is 6.19. The van der Waals surface area contributed by atoms with Gasteiger partial charge < -0.3 is 10.6 Å². The van der Waals surface area contributed by atoms with E-state index < -0.39 is 0 Å². The minimum absolute atomic E-state index is 0.520. The van der Waals surface area contributed by atoms with E-state index in [1.165, 1.54) is 29.5 Å². The van der Waals surface area contributed by atoms with Gasteiger partial charge in [-0.1, -0.05) is 18.2 Å². The summed E-state index contributed by atoms with van der Waals surface area (Å²) in [6, 6.07) is 7.80. The zero-order chi connectivity index (χ0) is 11.5. The van der Waals surface area contributed by atoms with Crippen LogP contribution >= 0.6 is 0 Å². The Labute approximate surface area is 98.4 Å². The van der Waals surface area contributed by atoms with Crippen LogP contribution in [0.3, 0.4) is 0 Å². The zero-order valence-corrected chi connectivity index (χ0v) is 10.5. The largest absolute Gasteiger partial charge is 0.317 e. The van der Waals surface area contributed by atoms with Gasteiger partial charge in [-0.15, -0.1) is 0 Å². The van der Waals surface area contributed by atoms with Crippen LogP contribution in [0.15, 0.2) is 18.2 Å². The summed E-state index contributed by atoms with van der Waals surface area (Å²) in [5, 5.41) is 7.03. The third-order valence-electron chi connectivity index (χ3n) is 3.83. The van der Waals surface area contributed by atoms with Gasteiger partial charge in [-0.05, 0) is 57.0 Å². The highest BCUT2D eigenvalue weighted by atomic mass is 15.0. The van der Waals surface area contributed by atoms with Gasteiger partial charge in [-0.3, -0.25) is 0 Å². The van der Waals surface area contributed by atoms with Gasteiger partial charge in [0.25, 0.3) is 0 Å². The summed E-state index contributed by atoms with van der Waals surface area (Å²) in [6.45, 7) is 5.54. The number of hydrogen-bond acceptors (Lipinski definition) is 2. The fourth-order valence-corrected chi connectivity index (χ4v) is 2.57. The zero-order valence-electron chi connectivity index (χ0n) is 10.5. The van der Waals surface area contributed by atoms with Crippen LogP contribution in [0.2, 0.25) is 0 Å². The molecule has 0 aliphatic carbocycles. The molecule has 2 atom stereocenters. The number of hydrogen-bond donors (Lipinski definition) is 2. The van der Waals surface area contributed by atoms with Crippen LogP contribution in [0.25, 0.3) is 0 Å². The Morgan fingerprint density at radius 1 is 1.31 bits per heavy atom. The first-order chi connectivity index (χ1) is 7.72. The van der Waals surface area contributed by atoms with E-state index in [2.05, 4.69) is 49.7 Å². The molecule has 0 amide bonds. The second-order valence-electron chi connectivity index (χ2n) is 4.81. The molecule has 1 saturated heterocycles. The lowest BCUT2D eigenvalue weighted by atomic mass is 9.90. The van der Waals surface area contributed by atoms with E-state index in [1.807, 2.05) is 0 Å². The fourth-order valence-electron chi connectivity index (χ4n) is 2.57. The highest BCUT2D eigenvalue weighted by Crippen LogP contribution is 2.27. The van der Waals surface area contributed by atoms with Crippen molar-refractivity contribution in [2.45, 2.75) is 38.8 Å². The molecule has 0 bridgehead atoms. The van der Waals surface area contributed by atoms with Gasteiger partial charge in [-0.2, -0.15) is 0 Å². The second-order valence-corrected chi connectivity index (χ2v) is 4.81. The molecule has 1 aliphatic rings. The Morgan fingerprint density at radius 2 is 2.12 bits per heavy atom. The summed E-state index contributed by atoms with van der Waals surface area (Å²) in [5.74, 6) is 0. The smallest absolute Gasteiger partial charge is 0.0337 e. The molecule has 2 nitrogen and oxygen atoms in total. The third-order valence-corrected chi connectivity index (χ3v) is 3.83. The van der Waals surface area contributed by atoms with Crippen molar-refractivity contribution in [1.82, 2.24) is 10.6 Å². The number of benzene rings is 1. The molecular weight excluding hydrogens is 196 g/mol. The van der Waals surface area contributed by atoms with Crippen molar-refractivity contribution >= 4 is 0 Å². The lowest BCUT2D eigenvalue weighted by Crippen LogP contribution is -2.40. The normalized spacial score (nSPS) is 25.7. The van der Waals surface area contributed by atoms with Gasteiger partial charge in [0.1, 0.15) is 0 Å². The highest BCUT2D eigenvalue weighted by Gasteiger charge is 2.22. The minimum atomic E-state index is 0.520. The van der Waals surface area contributed by atoms with Gasteiger partial charge in [0, 0.05) is 12.1 Å². The summed E-state index contributed by atoms with van der Waals surface area (Å²) in [6.07, 6.45) is 2.43. The van der Waals surface area contributed by atoms with Gasteiger partial charge in [0.2, 0.25) is 0 Å². The Kier molecular flexibility index (Phi) is 3.62. The van der Waals surface area contributed by atoms with E-state index in [0.29, 0.717) is 12.1 Å². The SMILES string of the molecule is CNC1CCNC(c2cccc(C)c2C)C1. The van der Waals surface area contributed by atoms with Gasteiger partial charge in [-0.25, -0.2) is 0 Å². The van der Waals surface area contributed by atoms with Crippen LogP contribution in [-0.2, 0) is 0 Å². The van der Waals surface area contributed by atoms with Crippen molar-refractivity contribution in [3.63, 3.8) is 0 Å². The molecule has 1 aromatic rings. The van der Waals surface area contributed by atoms with E-state index in [4.69, 9.17) is 0 Å². The number of piperidine rings is 1. The van der Waals surface area contributed by atoms with Gasteiger partial charge >= 0.3 is 0 Å². The van der Waals surface area contributed by atoms with E-state index in [-0.39, 0.29) is 0 Å². The van der Waals surface area contributed by atoms with Crippen molar-refractivity contribution < 1.29 is 0 Å². The van der Waals surface area contributed by atoms with Crippen molar-refractivity contribution in [3.8, 4) is 0 Å². The van der Waals surface area contributed by atoms with E-state index >= 15 is 0 Å². The molecule has 16 heavy (non-hydrogen) atoms. The van der Waals surface area contributed by atoms with E-state index in [9.17, 15) is 0 Å². The van der Waals surface area contributed by atoms with Crippen LogP contribution in [0, 0.1) is 13.8 Å². The lowest BCUT2D eigenvalue weighted by Gasteiger charge is -2.31. The predicted molar refractivity (Wildman–Crippen MR) is 68.7 cm³/mol. The predicted octanol–water partition coefficient (Wildman–Crippen LogP) is 2.32. The second kappa shape index (κ2) is 4.98. The number of aryl methyl sites for hydroxylation is 1. The Morgan fingerprint density at radius 3 is 2.88 bits per heavy atom. The quantitative estimate of drug-likeness (QED) is 0.796. The molecule has 1 aliphatic heterocycles. The van der Waals surface area contributed by atoms with Crippen LogP contribution in [0.5, 0.6) is 0 Å². The van der Waals surface area contributed by atoms with Crippen LogP contribution in [0.4, 0.5) is 0 Å².